The molecule has 0 aliphatic heterocycles. The van der Waals surface area contributed by atoms with Crippen LogP contribution in [0, 0.1) is 38.6 Å². The molecule has 0 aliphatic carbocycles. The normalized spacial score (nSPS) is 12.3. The minimum atomic E-state index is -1.41. The van der Waals surface area contributed by atoms with Gasteiger partial charge in [-0.2, -0.15) is 0 Å². The van der Waals surface area contributed by atoms with Gasteiger partial charge in [0, 0.05) is 18.4 Å². The molecular weight excluding hydrogens is 403 g/mol. The first kappa shape index (κ1) is 23.3. The predicted molar refractivity (Wildman–Crippen MR) is 112 cm³/mol. The summed E-state index contributed by atoms with van der Waals surface area (Å²) < 4.78 is 15.0. The maximum Gasteiger partial charge on any atom is 0.293 e. The van der Waals surface area contributed by atoms with E-state index in [9.17, 15) is 23.9 Å². The fourth-order valence-corrected chi connectivity index (χ4v) is 3.04. The number of Topliss-reactive ketones (excluding diaryl/α,β-unsaturated/α-hetero) is 1. The van der Waals surface area contributed by atoms with Gasteiger partial charge in [0.05, 0.1) is 18.7 Å². The molecule has 1 unspecified atom stereocenters. The van der Waals surface area contributed by atoms with E-state index in [1.54, 1.807) is 14.0 Å². The lowest BCUT2D eigenvalue weighted by Gasteiger charge is -2.21. The summed E-state index contributed by atoms with van der Waals surface area (Å²) in [4.78, 5) is 41.1. The standard InChI is InChI=1S/C22H21FN4O4/c1-7-22(4,11-28)26-21(31)19(29)17-12(2)18(27(6)13(17)3)20(30)25-14-8-9-15(23)16(10-14)24-5/h1,8-10,28H,11H2,2-4,6H3,(H,25,30)(H,26,31). The largest absolute Gasteiger partial charge is 0.393 e. The Balaban J connectivity index is 2.39. The van der Waals surface area contributed by atoms with Crippen LogP contribution in [0.3, 0.4) is 0 Å². The predicted octanol–water partition coefficient (Wildman–Crippen LogP) is 2.27. The second kappa shape index (κ2) is 8.82. The summed E-state index contributed by atoms with van der Waals surface area (Å²) in [6, 6.07) is 3.57. The van der Waals surface area contributed by atoms with Crippen molar-refractivity contribution in [3.63, 3.8) is 0 Å². The van der Waals surface area contributed by atoms with E-state index in [0.717, 1.165) is 6.07 Å². The van der Waals surface area contributed by atoms with Crippen molar-refractivity contribution in [3.05, 3.63) is 57.9 Å². The Morgan fingerprint density at radius 3 is 2.55 bits per heavy atom. The maximum absolute atomic E-state index is 13.5. The molecule has 3 N–H and O–H groups in total. The third kappa shape index (κ3) is 4.47. The minimum absolute atomic E-state index is 0.0309. The van der Waals surface area contributed by atoms with Crippen LogP contribution in [0.1, 0.15) is 39.0 Å². The number of halogens is 1. The van der Waals surface area contributed by atoms with Crippen molar-refractivity contribution in [1.82, 2.24) is 9.88 Å². The molecule has 8 nitrogen and oxygen atoms in total. The number of hydrogen-bond donors (Lipinski definition) is 3. The number of ketones is 1. The summed E-state index contributed by atoms with van der Waals surface area (Å²) in [7, 11) is 1.56. The van der Waals surface area contributed by atoms with Crippen LogP contribution < -0.4 is 10.6 Å². The van der Waals surface area contributed by atoms with E-state index in [4.69, 9.17) is 13.0 Å². The monoisotopic (exact) mass is 424 g/mol. The first-order valence-electron chi connectivity index (χ1n) is 9.09. The number of anilines is 1. The van der Waals surface area contributed by atoms with E-state index in [-0.39, 0.29) is 28.2 Å². The number of nitrogens with one attached hydrogen (secondary N) is 2. The van der Waals surface area contributed by atoms with E-state index in [0.29, 0.717) is 5.69 Å². The van der Waals surface area contributed by atoms with Crippen LogP contribution in [0.15, 0.2) is 18.2 Å². The number of carbonyl (C=O) groups is 3. The quantitative estimate of drug-likeness (QED) is 0.286. The van der Waals surface area contributed by atoms with Crippen LogP contribution in [0.2, 0.25) is 0 Å². The molecule has 0 fully saturated rings. The number of aliphatic hydroxyl groups is 1. The van der Waals surface area contributed by atoms with Gasteiger partial charge in [0.15, 0.2) is 0 Å². The second-order valence-electron chi connectivity index (χ2n) is 7.14. The number of rotatable bonds is 6. The summed E-state index contributed by atoms with van der Waals surface area (Å²) in [5.41, 5.74) is -0.675. The molecule has 31 heavy (non-hydrogen) atoms. The third-order valence-electron chi connectivity index (χ3n) is 4.93. The van der Waals surface area contributed by atoms with Crippen LogP contribution in [0.5, 0.6) is 0 Å². The molecule has 1 aromatic carbocycles. The lowest BCUT2D eigenvalue weighted by atomic mass is 10.0. The fourth-order valence-electron chi connectivity index (χ4n) is 3.04. The van der Waals surface area contributed by atoms with Crippen molar-refractivity contribution < 1.29 is 23.9 Å². The number of amides is 2. The molecule has 160 valence electrons. The Kier molecular flexibility index (Phi) is 6.64. The van der Waals surface area contributed by atoms with Crippen molar-refractivity contribution in [1.29, 1.82) is 0 Å². The van der Waals surface area contributed by atoms with Crippen LogP contribution in [0.4, 0.5) is 15.8 Å². The van der Waals surface area contributed by atoms with Crippen molar-refractivity contribution in [2.75, 3.05) is 11.9 Å². The van der Waals surface area contributed by atoms with Crippen LogP contribution >= 0.6 is 0 Å². The molecule has 0 saturated heterocycles. The van der Waals surface area contributed by atoms with E-state index in [1.807, 2.05) is 0 Å². The Bertz CT molecular complexity index is 1170. The Hall–Kier alpha value is -3.95. The molecule has 0 radical (unpaired) electrons. The SMILES string of the molecule is [C-]#[N+]c1cc(NC(=O)c2c(C)c(C(=O)C(=O)NC(C)(C#C)CO)c(C)n2C)ccc1F. The van der Waals surface area contributed by atoms with Crippen LogP contribution in [-0.4, -0.2) is 39.4 Å². The highest BCUT2D eigenvalue weighted by Crippen LogP contribution is 2.25. The zero-order valence-corrected chi connectivity index (χ0v) is 17.5. The van der Waals surface area contributed by atoms with Gasteiger partial charge in [0.25, 0.3) is 17.6 Å². The highest BCUT2D eigenvalue weighted by Gasteiger charge is 2.32. The summed E-state index contributed by atoms with van der Waals surface area (Å²) in [5, 5.41) is 14.2. The Morgan fingerprint density at radius 2 is 2.00 bits per heavy atom. The number of aliphatic hydroxyl groups excluding tert-OH is 1. The summed E-state index contributed by atoms with van der Waals surface area (Å²) in [5.74, 6) is -1.01. The lowest BCUT2D eigenvalue weighted by Crippen LogP contribution is -2.50. The lowest BCUT2D eigenvalue weighted by molar-refractivity contribution is -0.118. The summed E-state index contributed by atoms with van der Waals surface area (Å²) in [6.45, 7) is 10.9. The highest BCUT2D eigenvalue weighted by molar-refractivity contribution is 6.43. The molecule has 0 saturated carbocycles. The van der Waals surface area contributed by atoms with Gasteiger partial charge < -0.3 is 20.3 Å². The molecule has 0 aliphatic rings. The highest BCUT2D eigenvalue weighted by atomic mass is 19.1. The zero-order valence-electron chi connectivity index (χ0n) is 17.5. The van der Waals surface area contributed by atoms with Gasteiger partial charge in [0.1, 0.15) is 17.1 Å². The number of carbonyl (C=O) groups excluding carboxylic acids is 3. The second-order valence-corrected chi connectivity index (χ2v) is 7.14. The number of hydrogen-bond acceptors (Lipinski definition) is 4. The third-order valence-corrected chi connectivity index (χ3v) is 4.93. The molecule has 2 aromatic rings. The number of benzene rings is 1. The van der Waals surface area contributed by atoms with E-state index >= 15 is 0 Å². The molecule has 1 heterocycles. The van der Waals surface area contributed by atoms with Crippen molar-refractivity contribution in [2.24, 2.45) is 7.05 Å². The molecule has 1 atom stereocenters. The average molecular weight is 424 g/mol. The van der Waals surface area contributed by atoms with Crippen molar-refractivity contribution >= 4 is 29.0 Å². The number of nitrogens with zero attached hydrogens (tertiary/aromatic N) is 2. The molecule has 1 aromatic heterocycles. The molecule has 2 amide bonds. The smallest absolute Gasteiger partial charge is 0.293 e. The Labute approximate surface area is 178 Å². The number of terminal acetylenes is 1. The van der Waals surface area contributed by atoms with Crippen LogP contribution in [-0.2, 0) is 11.8 Å². The Morgan fingerprint density at radius 1 is 1.35 bits per heavy atom. The van der Waals surface area contributed by atoms with Gasteiger partial charge >= 0.3 is 0 Å². The van der Waals surface area contributed by atoms with Gasteiger partial charge in [-0.25, -0.2) is 9.24 Å². The topological polar surface area (TPSA) is 105 Å². The fraction of sp³-hybridized carbons (Fsp3) is 0.273. The van der Waals surface area contributed by atoms with Gasteiger partial charge in [-0.05, 0) is 44.5 Å². The van der Waals surface area contributed by atoms with Crippen LogP contribution in [0.25, 0.3) is 4.85 Å². The van der Waals surface area contributed by atoms with Gasteiger partial charge in [-0.3, -0.25) is 14.4 Å². The van der Waals surface area contributed by atoms with E-state index < -0.39 is 35.6 Å². The minimum Gasteiger partial charge on any atom is -0.393 e. The maximum atomic E-state index is 13.5. The van der Waals surface area contributed by atoms with Crippen molar-refractivity contribution in [2.45, 2.75) is 26.3 Å². The summed E-state index contributed by atoms with van der Waals surface area (Å²) in [6.07, 6.45) is 5.30. The van der Waals surface area contributed by atoms with Crippen molar-refractivity contribution in [3.8, 4) is 12.3 Å². The molecule has 9 heteroatoms. The average Bonchev–Trinajstić information content (AvgIpc) is 2.96. The number of aromatic nitrogens is 1. The van der Waals surface area contributed by atoms with Gasteiger partial charge in [-0.1, -0.05) is 5.92 Å². The molecule has 2 rings (SSSR count). The zero-order chi connectivity index (χ0) is 23.5. The first-order valence-corrected chi connectivity index (χ1v) is 9.09. The first-order chi connectivity index (χ1) is 14.5. The molecule has 0 bridgehead atoms. The van der Waals surface area contributed by atoms with Gasteiger partial charge in [-0.15, -0.1) is 6.42 Å². The van der Waals surface area contributed by atoms with Gasteiger partial charge in [0.2, 0.25) is 5.69 Å². The molecular formula is C22H21FN4O4. The summed E-state index contributed by atoms with van der Waals surface area (Å²) >= 11 is 0. The molecule has 0 spiro atoms. The van der Waals surface area contributed by atoms with E-state index in [2.05, 4.69) is 21.4 Å². The van der Waals surface area contributed by atoms with E-state index in [1.165, 1.54) is 30.5 Å².